The van der Waals surface area contributed by atoms with E-state index >= 15 is 0 Å². The number of thioether (sulfide) groups is 2. The van der Waals surface area contributed by atoms with Gasteiger partial charge >= 0.3 is 0 Å². The Balaban J connectivity index is 1.52. The fourth-order valence-electron chi connectivity index (χ4n) is 5.00. The Morgan fingerprint density at radius 2 is 2.00 bits per heavy atom. The molecule has 4 N–H and O–H groups in total. The van der Waals surface area contributed by atoms with Gasteiger partial charge in [-0.15, -0.1) is 0 Å². The number of anilines is 3. The topological polar surface area (TPSA) is 127 Å². The van der Waals surface area contributed by atoms with Gasteiger partial charge in [0.15, 0.2) is 21.9 Å². The molecule has 0 aliphatic heterocycles. The first-order valence-corrected chi connectivity index (χ1v) is 12.8. The molecule has 2 aliphatic carbocycles. The highest BCUT2D eigenvalue weighted by molar-refractivity contribution is 8.14. The largest absolute Gasteiger partial charge is 0.369 e. The van der Waals surface area contributed by atoms with E-state index in [4.69, 9.17) is 5.73 Å². The Bertz CT molecular complexity index is 1120. The molecule has 2 bridgehead atoms. The van der Waals surface area contributed by atoms with E-state index in [1.807, 2.05) is 24.3 Å². The lowest BCUT2D eigenvalue weighted by molar-refractivity contribution is -0.123. The number of nitrogens with zero attached hydrogens (tertiary/aromatic N) is 2. The van der Waals surface area contributed by atoms with Gasteiger partial charge in [-0.3, -0.25) is 14.4 Å². The van der Waals surface area contributed by atoms with Crippen molar-refractivity contribution >= 4 is 57.1 Å². The molecule has 11 heteroatoms. The van der Waals surface area contributed by atoms with Crippen molar-refractivity contribution in [3.8, 4) is 0 Å². The van der Waals surface area contributed by atoms with E-state index in [2.05, 4.69) is 20.6 Å². The maximum Gasteiger partial charge on any atom is 0.229 e. The zero-order valence-electron chi connectivity index (χ0n) is 18.8. The average molecular weight is 504 g/mol. The third kappa shape index (κ3) is 5.52. The van der Waals surface area contributed by atoms with Gasteiger partial charge in [-0.05, 0) is 42.4 Å². The maximum atomic E-state index is 14.7. The first-order chi connectivity index (χ1) is 16.2. The summed E-state index contributed by atoms with van der Waals surface area (Å²) in [4.78, 5) is 43.4. The standard InChI is InChI=1S/C23H26FN5O3S2/c1-11(30)33-10-13-4-3-5-15(6-13)27-23-26-9-17(24)22(29-23)28-20-16-7-14(19(20)21(25)32)8-18(16)34-12(2)31/h3-6,9,14,16,18-20H,7-8,10H2,1-2H3,(H2,25,32)(H2,26,27,28,29)/t14-,16+,18+,19-,20+/m0/s1. The van der Waals surface area contributed by atoms with Crippen LogP contribution in [0.1, 0.15) is 32.3 Å². The summed E-state index contributed by atoms with van der Waals surface area (Å²) in [6.07, 6.45) is 2.58. The van der Waals surface area contributed by atoms with E-state index in [0.29, 0.717) is 11.4 Å². The molecule has 2 saturated carbocycles. The number of rotatable bonds is 8. The smallest absolute Gasteiger partial charge is 0.229 e. The van der Waals surface area contributed by atoms with Gasteiger partial charge in [-0.2, -0.15) is 4.98 Å². The molecule has 0 saturated heterocycles. The summed E-state index contributed by atoms with van der Waals surface area (Å²) in [6.45, 7) is 3.05. The van der Waals surface area contributed by atoms with Gasteiger partial charge in [-0.25, -0.2) is 9.37 Å². The Morgan fingerprint density at radius 3 is 2.71 bits per heavy atom. The quantitative estimate of drug-likeness (QED) is 0.494. The lowest BCUT2D eigenvalue weighted by Crippen LogP contribution is -2.46. The van der Waals surface area contributed by atoms with Crippen LogP contribution in [0.25, 0.3) is 0 Å². The van der Waals surface area contributed by atoms with Crippen LogP contribution in [0.4, 0.5) is 21.8 Å². The zero-order valence-corrected chi connectivity index (χ0v) is 20.4. The predicted molar refractivity (Wildman–Crippen MR) is 132 cm³/mol. The van der Waals surface area contributed by atoms with Gasteiger partial charge in [0.2, 0.25) is 11.9 Å². The van der Waals surface area contributed by atoms with Gasteiger partial charge in [0.05, 0.1) is 12.1 Å². The Labute approximate surface area is 205 Å². The average Bonchev–Trinajstić information content (AvgIpc) is 3.32. The molecule has 180 valence electrons. The van der Waals surface area contributed by atoms with Gasteiger partial charge < -0.3 is 16.4 Å². The highest BCUT2D eigenvalue weighted by Crippen LogP contribution is 2.53. The van der Waals surface area contributed by atoms with Gasteiger partial charge in [-0.1, -0.05) is 35.7 Å². The Kier molecular flexibility index (Phi) is 7.42. The monoisotopic (exact) mass is 503 g/mol. The first kappa shape index (κ1) is 24.5. The molecule has 2 aliphatic rings. The summed E-state index contributed by atoms with van der Waals surface area (Å²) in [6, 6.07) is 7.05. The highest BCUT2D eigenvalue weighted by atomic mass is 32.2. The minimum absolute atomic E-state index is 0.0117. The fourth-order valence-corrected chi connectivity index (χ4v) is 6.77. The van der Waals surface area contributed by atoms with Crippen LogP contribution in [-0.2, 0) is 20.1 Å². The fraction of sp³-hybridized carbons (Fsp3) is 0.435. The number of fused-ring (bicyclic) bond motifs is 2. The summed E-state index contributed by atoms with van der Waals surface area (Å²) < 4.78 is 14.7. The molecular weight excluding hydrogens is 477 g/mol. The molecule has 2 aromatic rings. The molecule has 1 amide bonds. The van der Waals surface area contributed by atoms with Crippen molar-refractivity contribution in [1.29, 1.82) is 0 Å². The summed E-state index contributed by atoms with van der Waals surface area (Å²) in [5.41, 5.74) is 7.34. The number of nitrogens with two attached hydrogens (primary N) is 1. The van der Waals surface area contributed by atoms with Crippen LogP contribution in [0.3, 0.4) is 0 Å². The number of hydrogen-bond acceptors (Lipinski definition) is 9. The number of halogens is 1. The van der Waals surface area contributed by atoms with Crippen LogP contribution in [0, 0.1) is 23.6 Å². The molecule has 5 atom stereocenters. The van der Waals surface area contributed by atoms with E-state index in [1.165, 1.54) is 37.4 Å². The van der Waals surface area contributed by atoms with Crippen LogP contribution in [0.15, 0.2) is 30.5 Å². The van der Waals surface area contributed by atoms with Crippen molar-refractivity contribution in [2.45, 2.75) is 43.7 Å². The molecular formula is C23H26FN5O3S2. The molecule has 1 aromatic heterocycles. The molecule has 2 fully saturated rings. The van der Waals surface area contributed by atoms with Crippen LogP contribution < -0.4 is 16.4 Å². The van der Waals surface area contributed by atoms with Crippen molar-refractivity contribution in [3.63, 3.8) is 0 Å². The number of amides is 1. The number of hydrogen-bond donors (Lipinski definition) is 3. The van der Waals surface area contributed by atoms with Crippen molar-refractivity contribution in [3.05, 3.63) is 41.8 Å². The second-order valence-electron chi connectivity index (χ2n) is 8.64. The SMILES string of the molecule is CC(=O)SCc1cccc(Nc2ncc(F)c(N[C@@H]3[C@@H]4C[C@@H](C[C@H]4SC(C)=O)[C@@H]3C(N)=O)n2)c1. The lowest BCUT2D eigenvalue weighted by atomic mass is 9.83. The number of carbonyl (C=O) groups is 3. The molecule has 0 spiro atoms. The van der Waals surface area contributed by atoms with E-state index in [9.17, 15) is 18.8 Å². The summed E-state index contributed by atoms with van der Waals surface area (Å²) >= 11 is 2.49. The zero-order chi connectivity index (χ0) is 24.4. The minimum atomic E-state index is -0.640. The van der Waals surface area contributed by atoms with Gasteiger partial charge in [0.1, 0.15) is 0 Å². The molecule has 0 unspecified atom stereocenters. The van der Waals surface area contributed by atoms with Gasteiger partial charge in [0.25, 0.3) is 0 Å². The van der Waals surface area contributed by atoms with Crippen LogP contribution >= 0.6 is 23.5 Å². The normalized spacial score (nSPS) is 25.2. The third-order valence-corrected chi connectivity index (χ3v) is 8.32. The number of carbonyl (C=O) groups excluding carboxylic acids is 3. The summed E-state index contributed by atoms with van der Waals surface area (Å²) in [5.74, 6) is -0.726. The van der Waals surface area contributed by atoms with E-state index in [-0.39, 0.29) is 39.1 Å². The van der Waals surface area contributed by atoms with Crippen molar-refractivity contribution in [1.82, 2.24) is 9.97 Å². The van der Waals surface area contributed by atoms with E-state index < -0.39 is 23.7 Å². The molecule has 34 heavy (non-hydrogen) atoms. The summed E-state index contributed by atoms with van der Waals surface area (Å²) in [5, 5.41) is 6.30. The van der Waals surface area contributed by atoms with Crippen LogP contribution in [-0.4, -0.2) is 37.4 Å². The van der Waals surface area contributed by atoms with Gasteiger partial charge in [0, 0.05) is 36.6 Å². The second kappa shape index (κ2) is 10.3. The molecule has 1 heterocycles. The van der Waals surface area contributed by atoms with Crippen LogP contribution in [0.5, 0.6) is 0 Å². The minimum Gasteiger partial charge on any atom is -0.369 e. The Morgan fingerprint density at radius 1 is 1.21 bits per heavy atom. The Hall–Kier alpha value is -2.66. The first-order valence-electron chi connectivity index (χ1n) is 11.0. The number of benzene rings is 1. The predicted octanol–water partition coefficient (Wildman–Crippen LogP) is 3.71. The molecule has 0 radical (unpaired) electrons. The van der Waals surface area contributed by atoms with Crippen molar-refractivity contribution < 1.29 is 18.8 Å². The number of primary amides is 1. The molecule has 4 rings (SSSR count). The lowest BCUT2D eigenvalue weighted by Gasteiger charge is -2.34. The molecule has 1 aromatic carbocycles. The number of aromatic nitrogens is 2. The summed E-state index contributed by atoms with van der Waals surface area (Å²) in [7, 11) is 0. The molecule has 8 nitrogen and oxygen atoms in total. The highest BCUT2D eigenvalue weighted by Gasteiger charge is 2.55. The van der Waals surface area contributed by atoms with Crippen LogP contribution in [0.2, 0.25) is 0 Å². The van der Waals surface area contributed by atoms with Crippen molar-refractivity contribution in [2.75, 3.05) is 10.6 Å². The number of nitrogens with one attached hydrogen (secondary N) is 2. The third-order valence-electron chi connectivity index (χ3n) is 6.26. The van der Waals surface area contributed by atoms with E-state index in [0.717, 1.165) is 24.6 Å². The van der Waals surface area contributed by atoms with Crippen molar-refractivity contribution in [2.24, 2.45) is 23.5 Å². The second-order valence-corrected chi connectivity index (χ2v) is 11.2. The maximum absolute atomic E-state index is 14.7. The van der Waals surface area contributed by atoms with E-state index in [1.54, 1.807) is 0 Å².